The minimum atomic E-state index is -0.126. The van der Waals surface area contributed by atoms with E-state index in [-0.39, 0.29) is 17.8 Å². The highest BCUT2D eigenvalue weighted by molar-refractivity contribution is 5.21. The molecule has 2 atom stereocenters. The van der Waals surface area contributed by atoms with Gasteiger partial charge in [0, 0.05) is 38.6 Å². The van der Waals surface area contributed by atoms with Gasteiger partial charge in [-0.3, -0.25) is 4.90 Å². The lowest BCUT2D eigenvalue weighted by Crippen LogP contribution is -2.51. The maximum atomic E-state index is 6.74. The van der Waals surface area contributed by atoms with Crippen LogP contribution in [0, 0.1) is 6.54 Å². The molecule has 5 nitrogen and oxygen atoms in total. The van der Waals surface area contributed by atoms with Crippen LogP contribution in [-0.4, -0.2) is 48.4 Å². The number of benzene rings is 1. The monoisotopic (exact) mass is 394 g/mol. The summed E-state index contributed by atoms with van der Waals surface area (Å²) >= 11 is 0. The molecule has 0 unspecified atom stereocenters. The smallest absolute Gasteiger partial charge is 0.213 e. The zero-order chi connectivity index (χ0) is 20.1. The Morgan fingerprint density at radius 2 is 1.93 bits per heavy atom. The number of aromatic nitrogens is 1. The summed E-state index contributed by atoms with van der Waals surface area (Å²) in [5, 5.41) is 0. The second kappa shape index (κ2) is 9.24. The van der Waals surface area contributed by atoms with Crippen molar-refractivity contribution in [3.63, 3.8) is 0 Å². The topological polar surface area (TPSA) is 43.8 Å². The molecule has 5 heteroatoms. The summed E-state index contributed by atoms with van der Waals surface area (Å²) in [5.74, 6) is 0.615. The molecular weight excluding hydrogens is 364 g/mol. The molecule has 2 saturated heterocycles. The number of pyridine rings is 1. The number of piperidine rings is 1. The Bertz CT molecular complexity index is 775. The third kappa shape index (κ3) is 4.97. The number of ether oxygens (including phenoxy) is 3. The highest BCUT2D eigenvalue weighted by Crippen LogP contribution is 2.44. The Morgan fingerprint density at radius 3 is 2.66 bits per heavy atom. The van der Waals surface area contributed by atoms with E-state index in [1.165, 1.54) is 5.56 Å². The number of nitrogens with zero attached hydrogens (tertiary/aromatic N) is 2. The first kappa shape index (κ1) is 20.3. The summed E-state index contributed by atoms with van der Waals surface area (Å²) in [6.07, 6.45) is 4.18. The van der Waals surface area contributed by atoms with Crippen LogP contribution in [0.3, 0.4) is 0 Å². The second-order valence-electron chi connectivity index (χ2n) is 7.88. The van der Waals surface area contributed by atoms with Crippen LogP contribution in [0.15, 0.2) is 48.5 Å². The van der Waals surface area contributed by atoms with Crippen molar-refractivity contribution >= 4 is 0 Å². The van der Waals surface area contributed by atoms with Crippen LogP contribution in [0.5, 0.6) is 5.88 Å². The molecule has 2 aliphatic rings. The largest absolute Gasteiger partial charge is 0.481 e. The molecule has 2 aromatic rings. The van der Waals surface area contributed by atoms with Crippen LogP contribution in [-0.2, 0) is 9.47 Å². The minimum absolute atomic E-state index is 0.0982. The molecule has 0 N–H and O–H groups in total. The summed E-state index contributed by atoms with van der Waals surface area (Å²) in [4.78, 5) is 6.67. The van der Waals surface area contributed by atoms with E-state index in [9.17, 15) is 0 Å². The van der Waals surface area contributed by atoms with Crippen LogP contribution in [0.2, 0.25) is 0 Å². The Morgan fingerprint density at radius 1 is 1.14 bits per heavy atom. The normalized spacial score (nSPS) is 24.5. The van der Waals surface area contributed by atoms with E-state index in [1.54, 1.807) is 7.11 Å². The highest BCUT2D eigenvalue weighted by Gasteiger charge is 2.44. The molecule has 0 saturated carbocycles. The van der Waals surface area contributed by atoms with Gasteiger partial charge in [-0.05, 0) is 31.4 Å². The molecule has 1 aromatic heterocycles. The van der Waals surface area contributed by atoms with E-state index in [0.717, 1.165) is 51.1 Å². The van der Waals surface area contributed by atoms with E-state index >= 15 is 0 Å². The van der Waals surface area contributed by atoms with Gasteiger partial charge in [-0.2, -0.15) is 0 Å². The lowest BCUT2D eigenvalue weighted by Gasteiger charge is -2.48. The van der Waals surface area contributed by atoms with E-state index in [0.29, 0.717) is 5.88 Å². The first-order valence-corrected chi connectivity index (χ1v) is 10.6. The average molecular weight is 395 g/mol. The van der Waals surface area contributed by atoms with Gasteiger partial charge < -0.3 is 14.2 Å². The molecule has 2 aliphatic heterocycles. The van der Waals surface area contributed by atoms with Crippen molar-refractivity contribution in [2.75, 3.05) is 26.8 Å². The first-order valence-electron chi connectivity index (χ1n) is 10.6. The summed E-state index contributed by atoms with van der Waals surface area (Å²) in [6.45, 7) is 8.04. The van der Waals surface area contributed by atoms with E-state index in [1.807, 2.05) is 18.2 Å². The van der Waals surface area contributed by atoms with E-state index in [2.05, 4.69) is 53.7 Å². The fourth-order valence-corrected chi connectivity index (χ4v) is 4.47. The van der Waals surface area contributed by atoms with Crippen LogP contribution in [0.1, 0.15) is 50.0 Å². The quantitative estimate of drug-likeness (QED) is 0.732. The Balaban J connectivity index is 1.42. The van der Waals surface area contributed by atoms with Crippen LogP contribution >= 0.6 is 0 Å². The molecule has 2 fully saturated rings. The summed E-state index contributed by atoms with van der Waals surface area (Å²) in [5.41, 5.74) is 1.93. The molecule has 0 bridgehead atoms. The second-order valence-corrected chi connectivity index (χ2v) is 7.88. The van der Waals surface area contributed by atoms with Crippen LogP contribution in [0.4, 0.5) is 0 Å². The van der Waals surface area contributed by atoms with Crippen molar-refractivity contribution in [2.45, 2.75) is 50.4 Å². The standard InChI is InChI=1S/C24H30N2O3/c1-3-28-21-16-22(19-8-5-4-6-9-19)29-24(17-21)12-14-26(15-13-24)18-20-10-7-11-23(25-20)27-2/h4-11,21-22H,3,12-17H2,1-2H3/t21-,22-/m1/s1. The molecule has 1 aromatic carbocycles. The Labute approximate surface area is 174 Å². The summed E-state index contributed by atoms with van der Waals surface area (Å²) in [7, 11) is 1.63. The van der Waals surface area contributed by atoms with Crippen molar-refractivity contribution in [3.8, 4) is 5.88 Å². The van der Waals surface area contributed by atoms with Crippen molar-refractivity contribution in [2.24, 2.45) is 0 Å². The van der Waals surface area contributed by atoms with Gasteiger partial charge in [-0.25, -0.2) is 4.98 Å². The summed E-state index contributed by atoms with van der Waals surface area (Å²) < 4.78 is 18.0. The maximum Gasteiger partial charge on any atom is 0.213 e. The molecule has 3 heterocycles. The van der Waals surface area contributed by atoms with Gasteiger partial charge in [-0.1, -0.05) is 36.4 Å². The fraction of sp³-hybridized carbons (Fsp3) is 0.500. The molecule has 0 amide bonds. The van der Waals surface area contributed by atoms with Gasteiger partial charge in [-0.15, -0.1) is 0 Å². The van der Waals surface area contributed by atoms with Crippen LogP contribution in [0.25, 0.3) is 0 Å². The zero-order valence-electron chi connectivity index (χ0n) is 17.3. The lowest BCUT2D eigenvalue weighted by molar-refractivity contribution is -0.191. The van der Waals surface area contributed by atoms with Gasteiger partial charge in [0.2, 0.25) is 5.88 Å². The number of hydrogen-bond donors (Lipinski definition) is 0. The van der Waals surface area contributed by atoms with Gasteiger partial charge in [0.25, 0.3) is 0 Å². The van der Waals surface area contributed by atoms with Gasteiger partial charge in [0.15, 0.2) is 0 Å². The van der Waals surface area contributed by atoms with Crippen molar-refractivity contribution in [3.05, 3.63) is 66.3 Å². The molecule has 4 rings (SSSR count). The number of likely N-dealkylation sites (tertiary alicyclic amines) is 1. The number of hydrogen-bond acceptors (Lipinski definition) is 5. The number of methoxy groups -OCH3 is 1. The predicted octanol–water partition coefficient (Wildman–Crippen LogP) is 4.27. The molecule has 1 spiro atoms. The van der Waals surface area contributed by atoms with E-state index < -0.39 is 0 Å². The third-order valence-electron chi connectivity index (χ3n) is 5.92. The third-order valence-corrected chi connectivity index (χ3v) is 5.92. The van der Waals surface area contributed by atoms with Crippen molar-refractivity contribution < 1.29 is 14.2 Å². The maximum absolute atomic E-state index is 6.74. The zero-order valence-corrected chi connectivity index (χ0v) is 17.3. The molecule has 154 valence electrons. The molecule has 2 radical (unpaired) electrons. The first-order chi connectivity index (χ1) is 14.2. The lowest BCUT2D eigenvalue weighted by atomic mass is 9.80. The van der Waals surface area contributed by atoms with Crippen molar-refractivity contribution in [1.29, 1.82) is 0 Å². The van der Waals surface area contributed by atoms with E-state index in [4.69, 9.17) is 14.2 Å². The minimum Gasteiger partial charge on any atom is -0.481 e. The Hall–Kier alpha value is -1.95. The summed E-state index contributed by atoms with van der Waals surface area (Å²) in [6, 6.07) is 16.3. The fourth-order valence-electron chi connectivity index (χ4n) is 4.47. The van der Waals surface area contributed by atoms with Crippen molar-refractivity contribution in [1.82, 2.24) is 9.88 Å². The molecule has 0 aliphatic carbocycles. The molecular formula is C24H30N2O3. The van der Waals surface area contributed by atoms with Gasteiger partial charge >= 0.3 is 0 Å². The number of rotatable bonds is 6. The van der Waals surface area contributed by atoms with Crippen LogP contribution < -0.4 is 4.74 Å². The average Bonchev–Trinajstić information content (AvgIpc) is 2.76. The Kier molecular flexibility index (Phi) is 6.48. The highest BCUT2D eigenvalue weighted by atomic mass is 16.5. The SMILES string of the molecule is CCO[C@@H]1C[C@H](c2ccccc2)OC2(CCN([C]c3cccc(OC)n3)CC2)C1. The van der Waals surface area contributed by atoms with Gasteiger partial charge in [0.05, 0.1) is 30.6 Å². The predicted molar refractivity (Wildman–Crippen MR) is 112 cm³/mol. The van der Waals surface area contributed by atoms with Gasteiger partial charge in [0.1, 0.15) is 6.54 Å². The molecule has 29 heavy (non-hydrogen) atoms.